The molecule has 0 aliphatic heterocycles. The molecule has 153 valence electrons. The third kappa shape index (κ3) is 5.51. The lowest BCUT2D eigenvalue weighted by molar-refractivity contribution is -0.151. The molecule has 0 aliphatic rings. The summed E-state index contributed by atoms with van der Waals surface area (Å²) in [6.07, 6.45) is 0. The largest absolute Gasteiger partial charge is 0.460 e. The summed E-state index contributed by atoms with van der Waals surface area (Å²) in [5.74, 6) is -1.79. The Kier molecular flexibility index (Phi) is 6.54. The van der Waals surface area contributed by atoms with Crippen LogP contribution in [0.1, 0.15) is 16.7 Å². The van der Waals surface area contributed by atoms with Gasteiger partial charge in [0.25, 0.3) is 0 Å². The zero-order chi connectivity index (χ0) is 21.5. The van der Waals surface area contributed by atoms with Crippen LogP contribution in [0.5, 0.6) is 0 Å². The van der Waals surface area contributed by atoms with Crippen LogP contribution in [0.25, 0.3) is 0 Å². The van der Waals surface area contributed by atoms with E-state index >= 15 is 0 Å². The van der Waals surface area contributed by atoms with Crippen LogP contribution < -0.4 is 17.2 Å². The number of carbonyl (C=O) groups excluding carboxylic acids is 2. The monoisotopic (exact) mass is 404 g/mol. The molecule has 30 heavy (non-hydrogen) atoms. The first-order valence-corrected chi connectivity index (χ1v) is 9.18. The Morgan fingerprint density at radius 2 is 0.900 bits per heavy atom. The standard InChI is InChI=1S/C23H22N3O4/c24-18-7-1-15(2-8-18)13-29-22(27)21(17-5-11-20(26)12-6-17)23(28)30-14-16-3-9-19(25)10-4-16/h1-12H,13-14,24-26H2. The van der Waals surface area contributed by atoms with Gasteiger partial charge in [-0.2, -0.15) is 0 Å². The Bertz CT molecular complexity index is 939. The number of nitrogens with two attached hydrogens (primary N) is 3. The smallest absolute Gasteiger partial charge is 0.330 e. The molecule has 0 spiro atoms. The van der Waals surface area contributed by atoms with Gasteiger partial charge in [0.05, 0.1) is 0 Å². The van der Waals surface area contributed by atoms with Gasteiger partial charge in [-0.3, -0.25) is 9.59 Å². The van der Waals surface area contributed by atoms with E-state index in [0.29, 0.717) is 22.6 Å². The van der Waals surface area contributed by atoms with E-state index in [4.69, 9.17) is 26.7 Å². The summed E-state index contributed by atoms with van der Waals surface area (Å²) in [5, 5.41) is 0. The van der Waals surface area contributed by atoms with Crippen molar-refractivity contribution in [3.63, 3.8) is 0 Å². The van der Waals surface area contributed by atoms with Crippen molar-refractivity contribution in [3.05, 3.63) is 95.4 Å². The van der Waals surface area contributed by atoms with Gasteiger partial charge in [0.15, 0.2) is 0 Å². The van der Waals surface area contributed by atoms with Crippen molar-refractivity contribution in [3.8, 4) is 0 Å². The minimum atomic E-state index is -0.793. The molecule has 7 heteroatoms. The number of anilines is 3. The van der Waals surface area contributed by atoms with Crippen LogP contribution in [-0.2, 0) is 32.3 Å². The van der Waals surface area contributed by atoms with Crippen molar-refractivity contribution < 1.29 is 19.1 Å². The van der Waals surface area contributed by atoms with E-state index in [-0.39, 0.29) is 19.1 Å². The van der Waals surface area contributed by atoms with Crippen molar-refractivity contribution in [2.45, 2.75) is 13.2 Å². The Labute approximate surface area is 174 Å². The van der Waals surface area contributed by atoms with Gasteiger partial charge in [-0.15, -0.1) is 0 Å². The van der Waals surface area contributed by atoms with Gasteiger partial charge in [0, 0.05) is 17.1 Å². The molecule has 3 aromatic carbocycles. The van der Waals surface area contributed by atoms with Gasteiger partial charge in [0.2, 0.25) is 5.92 Å². The fourth-order valence-corrected chi connectivity index (χ4v) is 2.64. The maximum Gasteiger partial charge on any atom is 0.330 e. The van der Waals surface area contributed by atoms with Crippen molar-refractivity contribution >= 4 is 29.0 Å². The van der Waals surface area contributed by atoms with Gasteiger partial charge in [0.1, 0.15) is 13.2 Å². The molecule has 3 rings (SSSR count). The molecule has 0 aliphatic carbocycles. The fraction of sp³-hybridized carbons (Fsp3) is 0.0870. The lowest BCUT2D eigenvalue weighted by Crippen LogP contribution is -2.27. The zero-order valence-corrected chi connectivity index (χ0v) is 16.2. The van der Waals surface area contributed by atoms with Crippen LogP contribution in [0.15, 0.2) is 72.8 Å². The molecule has 3 aromatic rings. The Morgan fingerprint density at radius 3 is 1.27 bits per heavy atom. The van der Waals surface area contributed by atoms with E-state index in [2.05, 4.69) is 0 Å². The van der Waals surface area contributed by atoms with Crippen LogP contribution in [-0.4, -0.2) is 11.9 Å². The minimum absolute atomic E-state index is 0.0111. The highest BCUT2D eigenvalue weighted by Crippen LogP contribution is 2.22. The normalized spacial score (nSPS) is 10.6. The van der Waals surface area contributed by atoms with E-state index in [1.165, 1.54) is 0 Å². The first kappa shape index (κ1) is 20.7. The second kappa shape index (κ2) is 9.47. The van der Waals surface area contributed by atoms with Crippen LogP contribution in [0.4, 0.5) is 17.1 Å². The Balaban J connectivity index is 1.72. The molecule has 6 N–H and O–H groups in total. The van der Waals surface area contributed by atoms with Crippen LogP contribution >= 0.6 is 0 Å². The highest BCUT2D eigenvalue weighted by atomic mass is 16.6. The summed E-state index contributed by atoms with van der Waals surface area (Å²) in [4.78, 5) is 25.5. The summed E-state index contributed by atoms with van der Waals surface area (Å²) in [6, 6.07) is 20.1. The topological polar surface area (TPSA) is 131 Å². The van der Waals surface area contributed by atoms with E-state index in [0.717, 1.165) is 11.1 Å². The van der Waals surface area contributed by atoms with Gasteiger partial charge in [-0.05, 0) is 53.1 Å². The molecule has 7 nitrogen and oxygen atoms in total. The number of hydrogen-bond acceptors (Lipinski definition) is 7. The lowest BCUT2D eigenvalue weighted by Gasteiger charge is -2.15. The molecule has 0 unspecified atom stereocenters. The van der Waals surface area contributed by atoms with E-state index in [1.807, 2.05) is 0 Å². The maximum absolute atomic E-state index is 12.7. The van der Waals surface area contributed by atoms with E-state index in [1.54, 1.807) is 72.8 Å². The first-order valence-electron chi connectivity index (χ1n) is 9.18. The molecule has 1 radical (unpaired) electrons. The second-order valence-electron chi connectivity index (χ2n) is 6.63. The van der Waals surface area contributed by atoms with Gasteiger partial charge in [-0.25, -0.2) is 0 Å². The third-order valence-electron chi connectivity index (χ3n) is 4.31. The fourth-order valence-electron chi connectivity index (χ4n) is 2.64. The zero-order valence-electron chi connectivity index (χ0n) is 16.2. The number of ether oxygens (including phenoxy) is 2. The van der Waals surface area contributed by atoms with Crippen molar-refractivity contribution in [2.75, 3.05) is 17.2 Å². The quantitative estimate of drug-likeness (QED) is 0.313. The lowest BCUT2D eigenvalue weighted by atomic mass is 9.99. The van der Waals surface area contributed by atoms with E-state index < -0.39 is 11.9 Å². The first-order chi connectivity index (χ1) is 14.4. The average Bonchev–Trinajstić information content (AvgIpc) is 2.74. The van der Waals surface area contributed by atoms with Crippen molar-refractivity contribution in [1.82, 2.24) is 0 Å². The molecule has 0 amide bonds. The van der Waals surface area contributed by atoms with E-state index in [9.17, 15) is 9.59 Å². The van der Waals surface area contributed by atoms with Gasteiger partial charge in [-0.1, -0.05) is 36.4 Å². The van der Waals surface area contributed by atoms with Crippen molar-refractivity contribution in [2.24, 2.45) is 0 Å². The number of rotatable bonds is 7. The number of nitrogen functional groups attached to an aromatic ring is 3. The number of hydrogen-bond donors (Lipinski definition) is 3. The molecule has 0 bridgehead atoms. The maximum atomic E-state index is 12.7. The third-order valence-corrected chi connectivity index (χ3v) is 4.31. The predicted octanol–water partition coefficient (Wildman–Crippen LogP) is 2.84. The summed E-state index contributed by atoms with van der Waals surface area (Å²) in [6.45, 7) is -0.0222. The summed E-state index contributed by atoms with van der Waals surface area (Å²) in [7, 11) is 0. The molecule has 0 saturated heterocycles. The molecule has 0 saturated carbocycles. The molecular formula is C23H22N3O4. The molecule has 0 atom stereocenters. The molecular weight excluding hydrogens is 382 g/mol. The molecule has 0 heterocycles. The summed E-state index contributed by atoms with van der Waals surface area (Å²) in [5.41, 5.74) is 20.6. The van der Waals surface area contributed by atoms with Crippen LogP contribution in [0.2, 0.25) is 0 Å². The molecule has 0 aromatic heterocycles. The second-order valence-corrected chi connectivity index (χ2v) is 6.63. The highest BCUT2D eigenvalue weighted by Gasteiger charge is 2.33. The summed E-state index contributed by atoms with van der Waals surface area (Å²) < 4.78 is 10.7. The van der Waals surface area contributed by atoms with Gasteiger partial charge < -0.3 is 26.7 Å². The highest BCUT2D eigenvalue weighted by molar-refractivity contribution is 6.14. The predicted molar refractivity (Wildman–Crippen MR) is 115 cm³/mol. The minimum Gasteiger partial charge on any atom is -0.460 e. The molecule has 0 fully saturated rings. The van der Waals surface area contributed by atoms with Gasteiger partial charge >= 0.3 is 11.9 Å². The number of carbonyl (C=O) groups is 2. The van der Waals surface area contributed by atoms with Crippen LogP contribution in [0, 0.1) is 5.92 Å². The van der Waals surface area contributed by atoms with Crippen LogP contribution in [0.3, 0.4) is 0 Å². The Morgan fingerprint density at radius 1 is 0.567 bits per heavy atom. The van der Waals surface area contributed by atoms with Crippen molar-refractivity contribution in [1.29, 1.82) is 0 Å². The average molecular weight is 404 g/mol. The number of benzene rings is 3. The Hall–Kier alpha value is -4.00. The number of esters is 2. The summed E-state index contributed by atoms with van der Waals surface area (Å²) >= 11 is 0. The SMILES string of the molecule is Nc1ccc(COC(=O)[C](C(=O)OCc2ccc(N)cc2)c2ccc(N)cc2)cc1.